The number of anilines is 1. The third-order valence-corrected chi connectivity index (χ3v) is 6.62. The highest BCUT2D eigenvalue weighted by Crippen LogP contribution is 2.30. The van der Waals surface area contributed by atoms with Crippen molar-refractivity contribution in [3.8, 4) is 11.1 Å². The van der Waals surface area contributed by atoms with Gasteiger partial charge in [-0.05, 0) is 72.7 Å². The molecule has 1 fully saturated rings. The van der Waals surface area contributed by atoms with Crippen molar-refractivity contribution in [1.29, 1.82) is 0 Å². The minimum atomic E-state index is -0.274. The molecule has 0 saturated carbocycles. The van der Waals surface area contributed by atoms with E-state index in [1.807, 2.05) is 30.6 Å². The summed E-state index contributed by atoms with van der Waals surface area (Å²) in [5, 5.41) is 10.8. The van der Waals surface area contributed by atoms with Crippen molar-refractivity contribution >= 4 is 38.2 Å². The van der Waals surface area contributed by atoms with Crippen molar-refractivity contribution in [2.45, 2.75) is 24.6 Å². The van der Waals surface area contributed by atoms with E-state index in [1.54, 1.807) is 24.5 Å². The first kappa shape index (κ1) is 21.4. The first-order chi connectivity index (χ1) is 16.0. The minimum absolute atomic E-state index is 0.0854. The van der Waals surface area contributed by atoms with Crippen molar-refractivity contribution in [2.75, 3.05) is 18.4 Å². The van der Waals surface area contributed by atoms with Crippen LogP contribution in [0.5, 0.6) is 0 Å². The molecule has 1 amide bonds. The van der Waals surface area contributed by atoms with Crippen LogP contribution in [0, 0.1) is 0 Å². The molecule has 0 atom stereocenters. The Balaban J connectivity index is 1.46. The van der Waals surface area contributed by atoms with Gasteiger partial charge in [0, 0.05) is 29.5 Å². The van der Waals surface area contributed by atoms with Gasteiger partial charge in [-0.25, -0.2) is 0 Å². The summed E-state index contributed by atoms with van der Waals surface area (Å²) in [5.74, 6) is -0.274. The van der Waals surface area contributed by atoms with E-state index in [4.69, 9.17) is 0 Å². The Hall–Kier alpha value is -3.45. The Morgan fingerprint density at radius 1 is 1.00 bits per heavy atom. The first-order valence-corrected chi connectivity index (χ1v) is 11.4. The lowest BCUT2D eigenvalue weighted by Crippen LogP contribution is -2.49. The summed E-state index contributed by atoms with van der Waals surface area (Å²) in [6.07, 6.45) is 10.9. The summed E-state index contributed by atoms with van der Waals surface area (Å²) < 4.78 is 0. The molecule has 3 aromatic heterocycles. The van der Waals surface area contributed by atoms with Gasteiger partial charge in [-0.15, -0.1) is 0 Å². The van der Waals surface area contributed by atoms with E-state index in [0.717, 1.165) is 35.1 Å². The molecule has 4 aromatic rings. The van der Waals surface area contributed by atoms with Gasteiger partial charge in [-0.1, -0.05) is 12.5 Å². The number of carbonyl (C=O) groups excluding carboxylic acids is 1. The molecule has 9 heteroatoms. The molecule has 0 unspecified atom stereocenters. The van der Waals surface area contributed by atoms with Gasteiger partial charge in [0.25, 0.3) is 5.91 Å². The average Bonchev–Trinajstić information content (AvgIpc) is 3.29. The Morgan fingerprint density at radius 3 is 2.64 bits per heavy atom. The van der Waals surface area contributed by atoms with E-state index in [9.17, 15) is 4.79 Å². The number of benzene rings is 1. The lowest BCUT2D eigenvalue weighted by molar-refractivity contribution is 0.102. The number of hydrogen-bond donors (Lipinski definition) is 2. The van der Waals surface area contributed by atoms with Crippen molar-refractivity contribution < 1.29 is 4.79 Å². The van der Waals surface area contributed by atoms with Crippen molar-refractivity contribution in [3.63, 3.8) is 0 Å². The maximum Gasteiger partial charge on any atom is 0.276 e. The zero-order valence-electron chi connectivity index (χ0n) is 19.0. The fourth-order valence-electron chi connectivity index (χ4n) is 4.56. The number of carbonyl (C=O) groups is 1. The summed E-state index contributed by atoms with van der Waals surface area (Å²) >= 11 is 0. The summed E-state index contributed by atoms with van der Waals surface area (Å²) in [7, 11) is 4.55. The SMILES string of the molecule is BC(B)(c1cncc(-c2ccc3[nH]nc(C(=O)Nc4cccnc4)c3c2)c1)N1CCCCC1. The van der Waals surface area contributed by atoms with Gasteiger partial charge in [0.15, 0.2) is 5.69 Å². The molecule has 0 radical (unpaired) electrons. The van der Waals surface area contributed by atoms with E-state index in [-0.39, 0.29) is 11.2 Å². The quantitative estimate of drug-likeness (QED) is 0.469. The number of piperidine rings is 1. The van der Waals surface area contributed by atoms with Crippen LogP contribution in [0.25, 0.3) is 22.0 Å². The molecule has 164 valence electrons. The smallest absolute Gasteiger partial charge is 0.276 e. The Morgan fingerprint density at radius 2 is 1.85 bits per heavy atom. The van der Waals surface area contributed by atoms with Crippen LogP contribution in [0.2, 0.25) is 0 Å². The molecular formula is C24H26B2N6O. The van der Waals surface area contributed by atoms with Crippen molar-refractivity contribution in [2.24, 2.45) is 0 Å². The Kier molecular flexibility index (Phi) is 5.72. The van der Waals surface area contributed by atoms with E-state index >= 15 is 0 Å². The lowest BCUT2D eigenvalue weighted by atomic mass is 9.56. The number of amides is 1. The number of likely N-dealkylation sites (tertiary alicyclic amines) is 1. The van der Waals surface area contributed by atoms with Crippen molar-refractivity contribution in [1.82, 2.24) is 25.1 Å². The summed E-state index contributed by atoms with van der Waals surface area (Å²) in [4.78, 5) is 24.0. The fraction of sp³-hybridized carbons (Fsp3) is 0.250. The molecule has 4 heterocycles. The minimum Gasteiger partial charge on any atom is -0.319 e. The maximum atomic E-state index is 12.9. The number of hydrogen-bond acceptors (Lipinski definition) is 5. The predicted molar refractivity (Wildman–Crippen MR) is 136 cm³/mol. The Labute approximate surface area is 194 Å². The van der Waals surface area contributed by atoms with Crippen LogP contribution < -0.4 is 5.32 Å². The molecule has 7 nitrogen and oxygen atoms in total. The second-order valence-corrected chi connectivity index (χ2v) is 9.10. The number of pyridine rings is 2. The normalized spacial score (nSPS) is 14.9. The number of nitrogens with zero attached hydrogens (tertiary/aromatic N) is 4. The molecule has 1 aliphatic heterocycles. The highest BCUT2D eigenvalue weighted by molar-refractivity contribution is 6.39. The monoisotopic (exact) mass is 436 g/mol. The zero-order chi connectivity index (χ0) is 22.8. The van der Waals surface area contributed by atoms with E-state index in [1.165, 1.54) is 24.8 Å². The molecule has 1 saturated heterocycles. The van der Waals surface area contributed by atoms with Crippen LogP contribution in [0.15, 0.2) is 61.2 Å². The lowest BCUT2D eigenvalue weighted by Gasteiger charge is -2.42. The molecule has 0 spiro atoms. The van der Waals surface area contributed by atoms with Crippen LogP contribution in [-0.4, -0.2) is 59.8 Å². The molecule has 1 aromatic carbocycles. The molecule has 5 rings (SSSR count). The molecule has 0 aliphatic carbocycles. The number of H-pyrrole nitrogens is 1. The van der Waals surface area contributed by atoms with Gasteiger partial charge in [-0.3, -0.25) is 19.9 Å². The number of aromatic amines is 1. The second kappa shape index (κ2) is 8.83. The van der Waals surface area contributed by atoms with E-state index < -0.39 is 0 Å². The van der Waals surface area contributed by atoms with Gasteiger partial charge in [0.05, 0.1) is 17.4 Å². The summed E-state index contributed by atoms with van der Waals surface area (Å²) in [5.41, 5.74) is 5.03. The molecule has 33 heavy (non-hydrogen) atoms. The number of nitrogens with one attached hydrogen (secondary N) is 2. The largest absolute Gasteiger partial charge is 0.319 e. The van der Waals surface area contributed by atoms with Gasteiger partial charge in [0.2, 0.25) is 0 Å². The van der Waals surface area contributed by atoms with Crippen LogP contribution >= 0.6 is 0 Å². The van der Waals surface area contributed by atoms with E-state index in [0.29, 0.717) is 11.4 Å². The number of aromatic nitrogens is 4. The van der Waals surface area contributed by atoms with Crippen LogP contribution in [0.3, 0.4) is 0 Å². The van der Waals surface area contributed by atoms with Gasteiger partial charge < -0.3 is 10.2 Å². The van der Waals surface area contributed by atoms with Crippen LogP contribution in [-0.2, 0) is 5.34 Å². The first-order valence-electron chi connectivity index (χ1n) is 11.4. The standard InChI is InChI=1S/C24H26B2N6O/c25-24(26,32-9-2-1-3-10-32)18-11-17(13-28-14-18)16-6-7-21-20(12-16)22(31-30-21)23(33)29-19-5-4-8-27-15-19/h4-8,11-15H,1-3,9-10,25-26H2,(H,29,33)(H,30,31). The van der Waals surface area contributed by atoms with Crippen LogP contribution in [0.4, 0.5) is 5.69 Å². The summed E-state index contributed by atoms with van der Waals surface area (Å²) in [6.45, 7) is 2.24. The van der Waals surface area contributed by atoms with Gasteiger partial charge >= 0.3 is 0 Å². The highest BCUT2D eigenvalue weighted by Gasteiger charge is 2.30. The average molecular weight is 436 g/mol. The third-order valence-electron chi connectivity index (χ3n) is 6.62. The maximum absolute atomic E-state index is 12.9. The Bertz CT molecular complexity index is 1280. The third kappa shape index (κ3) is 4.28. The zero-order valence-corrected chi connectivity index (χ0v) is 19.0. The number of fused-ring (bicyclic) bond motifs is 1. The van der Waals surface area contributed by atoms with Gasteiger partial charge in [0.1, 0.15) is 15.7 Å². The topological polar surface area (TPSA) is 86.8 Å². The summed E-state index contributed by atoms with van der Waals surface area (Å²) in [6, 6.07) is 11.8. The van der Waals surface area contributed by atoms with E-state index in [2.05, 4.69) is 52.1 Å². The van der Waals surface area contributed by atoms with Gasteiger partial charge in [-0.2, -0.15) is 5.10 Å². The van der Waals surface area contributed by atoms with Crippen molar-refractivity contribution in [3.05, 3.63) is 72.4 Å². The second-order valence-electron chi connectivity index (χ2n) is 9.10. The number of rotatable bonds is 5. The fourth-order valence-corrected chi connectivity index (χ4v) is 4.56. The molecular weight excluding hydrogens is 410 g/mol. The molecule has 2 N–H and O–H groups in total. The van der Waals surface area contributed by atoms with Crippen LogP contribution in [0.1, 0.15) is 35.3 Å². The molecule has 1 aliphatic rings. The predicted octanol–water partition coefficient (Wildman–Crippen LogP) is 2.13. The highest BCUT2D eigenvalue weighted by atomic mass is 16.1. The molecule has 0 bridgehead atoms.